The van der Waals surface area contributed by atoms with E-state index in [0.717, 1.165) is 32.7 Å². The molecule has 1 heterocycles. The molecule has 1 saturated heterocycles. The Bertz CT molecular complexity index is 130. The van der Waals surface area contributed by atoms with Gasteiger partial charge in [0.2, 0.25) is 0 Å². The van der Waals surface area contributed by atoms with Crippen LogP contribution in [0.1, 0.15) is 6.92 Å². The van der Waals surface area contributed by atoms with E-state index >= 15 is 0 Å². The summed E-state index contributed by atoms with van der Waals surface area (Å²) in [6, 6.07) is 0. The van der Waals surface area contributed by atoms with Crippen LogP contribution in [0.3, 0.4) is 0 Å². The average molecular weight is 155 g/mol. The smallest absolute Gasteiger partial charge is 0.134 e. The first-order valence-corrected chi connectivity index (χ1v) is 4.06. The molecular weight excluding hydrogens is 140 g/mol. The molecule has 3 heteroatoms. The van der Waals surface area contributed by atoms with Gasteiger partial charge in [-0.15, -0.1) is 0 Å². The molecule has 11 heavy (non-hydrogen) atoms. The van der Waals surface area contributed by atoms with Gasteiger partial charge < -0.3 is 10.2 Å². The van der Waals surface area contributed by atoms with Crippen molar-refractivity contribution in [2.45, 2.75) is 6.92 Å². The first-order chi connectivity index (χ1) is 5.29. The highest BCUT2D eigenvalue weighted by Gasteiger charge is 2.09. The summed E-state index contributed by atoms with van der Waals surface area (Å²) < 4.78 is 0. The molecule has 1 N–H and O–H groups in total. The molecule has 1 rings (SSSR count). The van der Waals surface area contributed by atoms with E-state index in [2.05, 4.69) is 10.2 Å². The summed E-state index contributed by atoms with van der Waals surface area (Å²) in [5.74, 6) is 0.170. The topological polar surface area (TPSA) is 32.3 Å². The maximum absolute atomic E-state index is 10.6. The maximum atomic E-state index is 10.6. The number of nitrogens with one attached hydrogen (secondary N) is 1. The van der Waals surface area contributed by atoms with Crippen LogP contribution in [0.4, 0.5) is 0 Å². The number of carbonyl (C=O) groups excluding carboxylic acids is 1. The van der Waals surface area contributed by atoms with E-state index in [1.165, 1.54) is 0 Å². The molecule has 1 fully saturated rings. The Morgan fingerprint density at radius 2 is 2.18 bits per heavy atom. The van der Waals surface area contributed by atoms with Gasteiger partial charge in [-0.2, -0.15) is 0 Å². The van der Waals surface area contributed by atoms with Crippen molar-refractivity contribution in [3.05, 3.63) is 6.42 Å². The fraction of sp³-hybridized carbons (Fsp3) is 0.750. The first-order valence-electron chi connectivity index (χ1n) is 4.06. The molecule has 0 aromatic heterocycles. The summed E-state index contributed by atoms with van der Waals surface area (Å²) in [5.41, 5.74) is 0. The maximum Gasteiger partial charge on any atom is 0.134 e. The number of hydrogen-bond donors (Lipinski definition) is 1. The molecule has 0 unspecified atom stereocenters. The van der Waals surface area contributed by atoms with Crippen LogP contribution in [0.25, 0.3) is 0 Å². The van der Waals surface area contributed by atoms with Crippen LogP contribution in [0.2, 0.25) is 0 Å². The fourth-order valence-corrected chi connectivity index (χ4v) is 1.15. The van der Waals surface area contributed by atoms with Gasteiger partial charge in [0.25, 0.3) is 0 Å². The van der Waals surface area contributed by atoms with Crippen molar-refractivity contribution in [2.24, 2.45) is 0 Å². The molecule has 1 aliphatic rings. The molecule has 0 atom stereocenters. The number of carbonyl (C=O) groups is 1. The molecular formula is C8H15N2O. The molecule has 1 aliphatic heterocycles. The lowest BCUT2D eigenvalue weighted by Crippen LogP contribution is -2.44. The Morgan fingerprint density at radius 1 is 1.55 bits per heavy atom. The number of ketones is 1. The van der Waals surface area contributed by atoms with Crippen LogP contribution >= 0.6 is 0 Å². The number of piperazine rings is 1. The van der Waals surface area contributed by atoms with Crippen molar-refractivity contribution in [3.63, 3.8) is 0 Å². The molecule has 0 aromatic carbocycles. The van der Waals surface area contributed by atoms with Gasteiger partial charge in [-0.1, -0.05) is 0 Å². The fourth-order valence-electron chi connectivity index (χ4n) is 1.15. The SMILES string of the molecule is CC(=O)[CH]CN1CCNCC1. The highest BCUT2D eigenvalue weighted by molar-refractivity contribution is 5.84. The van der Waals surface area contributed by atoms with Crippen LogP contribution in [0.15, 0.2) is 0 Å². The molecule has 1 radical (unpaired) electrons. The summed E-state index contributed by atoms with van der Waals surface area (Å²) in [6.45, 7) is 6.63. The Kier molecular flexibility index (Phi) is 3.52. The van der Waals surface area contributed by atoms with E-state index in [1.807, 2.05) is 0 Å². The quantitative estimate of drug-likeness (QED) is 0.606. The monoisotopic (exact) mass is 155 g/mol. The minimum Gasteiger partial charge on any atom is -0.314 e. The molecule has 0 aliphatic carbocycles. The Morgan fingerprint density at radius 3 is 2.73 bits per heavy atom. The third-order valence-corrected chi connectivity index (χ3v) is 1.85. The zero-order valence-corrected chi connectivity index (χ0v) is 6.97. The molecule has 3 nitrogen and oxygen atoms in total. The predicted octanol–water partition coefficient (Wildman–Crippen LogP) is -0.315. The normalized spacial score (nSPS) is 20.1. The molecule has 0 saturated carbocycles. The van der Waals surface area contributed by atoms with Gasteiger partial charge in [-0.3, -0.25) is 4.79 Å². The van der Waals surface area contributed by atoms with Crippen molar-refractivity contribution < 1.29 is 4.79 Å². The van der Waals surface area contributed by atoms with Crippen LogP contribution in [0, 0.1) is 6.42 Å². The lowest BCUT2D eigenvalue weighted by atomic mass is 10.2. The van der Waals surface area contributed by atoms with Gasteiger partial charge in [0.05, 0.1) is 0 Å². The highest BCUT2D eigenvalue weighted by Crippen LogP contribution is 1.93. The third-order valence-electron chi connectivity index (χ3n) is 1.85. The lowest BCUT2D eigenvalue weighted by Gasteiger charge is -2.26. The standard InChI is InChI=1S/C8H15N2O/c1-8(11)2-5-10-6-3-9-4-7-10/h2,9H,3-7H2,1H3. The van der Waals surface area contributed by atoms with Crippen molar-refractivity contribution in [2.75, 3.05) is 32.7 Å². The van der Waals surface area contributed by atoms with E-state index < -0.39 is 0 Å². The lowest BCUT2D eigenvalue weighted by molar-refractivity contribution is -0.114. The van der Waals surface area contributed by atoms with Gasteiger partial charge >= 0.3 is 0 Å². The van der Waals surface area contributed by atoms with Crippen LogP contribution in [-0.2, 0) is 4.79 Å². The Balaban J connectivity index is 2.09. The third kappa shape index (κ3) is 3.49. The van der Waals surface area contributed by atoms with Crippen molar-refractivity contribution >= 4 is 5.78 Å². The number of rotatable bonds is 3. The van der Waals surface area contributed by atoms with Crippen LogP contribution in [-0.4, -0.2) is 43.4 Å². The zero-order valence-electron chi connectivity index (χ0n) is 6.97. The van der Waals surface area contributed by atoms with E-state index in [-0.39, 0.29) is 5.78 Å². The summed E-state index contributed by atoms with van der Waals surface area (Å²) >= 11 is 0. The summed E-state index contributed by atoms with van der Waals surface area (Å²) in [4.78, 5) is 12.9. The molecule has 63 valence electrons. The van der Waals surface area contributed by atoms with E-state index in [0.29, 0.717) is 0 Å². The Hall–Kier alpha value is -0.410. The second kappa shape index (κ2) is 4.46. The Labute approximate surface area is 67.8 Å². The minimum absolute atomic E-state index is 0.170. The van der Waals surface area contributed by atoms with Crippen LogP contribution in [0.5, 0.6) is 0 Å². The second-order valence-corrected chi connectivity index (χ2v) is 2.87. The molecule has 0 spiro atoms. The number of nitrogens with zero attached hydrogens (tertiary/aromatic N) is 1. The second-order valence-electron chi connectivity index (χ2n) is 2.87. The van der Waals surface area contributed by atoms with Crippen molar-refractivity contribution in [1.29, 1.82) is 0 Å². The van der Waals surface area contributed by atoms with Crippen LogP contribution < -0.4 is 5.32 Å². The van der Waals surface area contributed by atoms with E-state index in [1.54, 1.807) is 13.3 Å². The van der Waals surface area contributed by atoms with Gasteiger partial charge in [0.15, 0.2) is 0 Å². The summed E-state index contributed by atoms with van der Waals surface area (Å²) in [6.07, 6.45) is 1.74. The van der Waals surface area contributed by atoms with E-state index in [4.69, 9.17) is 0 Å². The number of Topliss-reactive ketones (excluding diaryl/α,β-unsaturated/α-hetero) is 1. The van der Waals surface area contributed by atoms with Crippen molar-refractivity contribution in [3.8, 4) is 0 Å². The molecule has 0 bridgehead atoms. The highest BCUT2D eigenvalue weighted by atomic mass is 16.1. The van der Waals surface area contributed by atoms with Gasteiger partial charge in [-0.05, 0) is 6.92 Å². The van der Waals surface area contributed by atoms with Gasteiger partial charge in [0.1, 0.15) is 5.78 Å². The van der Waals surface area contributed by atoms with Gasteiger partial charge in [0, 0.05) is 39.1 Å². The summed E-state index contributed by atoms with van der Waals surface area (Å²) in [5, 5.41) is 3.26. The molecule has 0 aromatic rings. The predicted molar refractivity (Wildman–Crippen MR) is 44.3 cm³/mol. The average Bonchev–Trinajstić information content (AvgIpc) is 2.03. The largest absolute Gasteiger partial charge is 0.314 e. The number of hydrogen-bond acceptors (Lipinski definition) is 3. The molecule has 0 amide bonds. The van der Waals surface area contributed by atoms with E-state index in [9.17, 15) is 4.79 Å². The van der Waals surface area contributed by atoms with Gasteiger partial charge in [-0.25, -0.2) is 0 Å². The van der Waals surface area contributed by atoms with Crippen molar-refractivity contribution in [1.82, 2.24) is 10.2 Å². The minimum atomic E-state index is 0.170. The zero-order chi connectivity index (χ0) is 8.10. The summed E-state index contributed by atoms with van der Waals surface area (Å²) in [7, 11) is 0. The first kappa shape index (κ1) is 8.68.